The van der Waals surface area contributed by atoms with Gasteiger partial charge in [0.05, 0.1) is 10.5 Å². The summed E-state index contributed by atoms with van der Waals surface area (Å²) in [6.07, 6.45) is 1.46. The number of carbonyl (C=O) groups is 2. The highest BCUT2D eigenvalue weighted by Crippen LogP contribution is 2.34. The lowest BCUT2D eigenvalue weighted by atomic mass is 10.1. The maximum atomic E-state index is 13.7. The van der Waals surface area contributed by atoms with Crippen LogP contribution in [0.3, 0.4) is 0 Å². The molecule has 22 heavy (non-hydrogen) atoms. The van der Waals surface area contributed by atoms with Crippen LogP contribution in [-0.2, 0) is 9.59 Å². The Morgan fingerprint density at radius 3 is 2.82 bits per heavy atom. The molecule has 1 heterocycles. The van der Waals surface area contributed by atoms with Crippen LogP contribution in [0.5, 0.6) is 5.75 Å². The van der Waals surface area contributed by atoms with Crippen LogP contribution in [0.15, 0.2) is 23.1 Å². The molecule has 2 N–H and O–H groups in total. The minimum absolute atomic E-state index is 0.0653. The van der Waals surface area contributed by atoms with Crippen molar-refractivity contribution in [2.24, 2.45) is 0 Å². The number of thiocarbonyl (C=S) groups is 1. The lowest BCUT2D eigenvalue weighted by Crippen LogP contribution is -2.29. The Bertz CT molecular complexity index is 655. The van der Waals surface area contributed by atoms with Crippen molar-refractivity contribution in [2.45, 2.75) is 12.8 Å². The van der Waals surface area contributed by atoms with Crippen LogP contribution in [0.1, 0.15) is 18.4 Å². The van der Waals surface area contributed by atoms with Crippen LogP contribution in [0.25, 0.3) is 6.08 Å². The van der Waals surface area contributed by atoms with Gasteiger partial charge in [-0.05, 0) is 24.6 Å². The summed E-state index contributed by atoms with van der Waals surface area (Å²) in [6, 6.07) is 3.86. The van der Waals surface area contributed by atoms with E-state index in [1.165, 1.54) is 29.2 Å². The smallest absolute Gasteiger partial charge is 0.303 e. The summed E-state index contributed by atoms with van der Waals surface area (Å²) in [5.41, 5.74) is -0.0754. The Kier molecular flexibility index (Phi) is 5.15. The van der Waals surface area contributed by atoms with Gasteiger partial charge in [-0.25, -0.2) is 4.39 Å². The molecule has 1 saturated heterocycles. The average molecular weight is 341 g/mol. The van der Waals surface area contributed by atoms with Crippen LogP contribution in [0.2, 0.25) is 0 Å². The molecule has 0 bridgehead atoms. The number of hydrogen-bond acceptors (Lipinski definition) is 5. The van der Waals surface area contributed by atoms with Gasteiger partial charge in [0.1, 0.15) is 15.9 Å². The standard InChI is InChI=1S/C14H12FNO4S2/c15-9-3-1-4-10(17)8(9)7-11-13(20)16(14(21)22-11)6-2-5-12(18)19/h1,3-4,7,17H,2,5-6H2,(H,18,19). The fourth-order valence-electron chi connectivity index (χ4n) is 1.88. The molecule has 116 valence electrons. The largest absolute Gasteiger partial charge is 0.507 e. The first-order chi connectivity index (χ1) is 10.4. The van der Waals surface area contributed by atoms with Crippen molar-refractivity contribution in [3.05, 3.63) is 34.5 Å². The number of thioether (sulfide) groups is 1. The third-order valence-corrected chi connectivity index (χ3v) is 4.33. The first-order valence-electron chi connectivity index (χ1n) is 6.35. The molecular formula is C14H12FNO4S2. The summed E-state index contributed by atoms with van der Waals surface area (Å²) in [4.78, 5) is 24.2. The monoisotopic (exact) mass is 341 g/mol. The first-order valence-corrected chi connectivity index (χ1v) is 7.57. The van der Waals surface area contributed by atoms with Crippen LogP contribution in [-0.4, -0.2) is 37.9 Å². The van der Waals surface area contributed by atoms with Gasteiger partial charge >= 0.3 is 5.97 Å². The molecule has 0 atom stereocenters. The highest BCUT2D eigenvalue weighted by atomic mass is 32.2. The highest BCUT2D eigenvalue weighted by Gasteiger charge is 2.32. The summed E-state index contributed by atoms with van der Waals surface area (Å²) in [5.74, 6) is -2.27. The summed E-state index contributed by atoms with van der Waals surface area (Å²) < 4.78 is 14.0. The summed E-state index contributed by atoms with van der Waals surface area (Å²) in [6.45, 7) is 0.192. The Balaban J connectivity index is 2.17. The summed E-state index contributed by atoms with van der Waals surface area (Å²) in [5, 5.41) is 18.3. The Hall–Kier alpha value is -1.93. The number of aromatic hydroxyl groups is 1. The quantitative estimate of drug-likeness (QED) is 0.633. The molecule has 0 aromatic heterocycles. The topological polar surface area (TPSA) is 77.8 Å². The number of carbonyl (C=O) groups excluding carboxylic acids is 1. The molecule has 0 spiro atoms. The van der Waals surface area contributed by atoms with Gasteiger partial charge in [-0.3, -0.25) is 14.5 Å². The van der Waals surface area contributed by atoms with Crippen LogP contribution in [0.4, 0.5) is 4.39 Å². The number of nitrogens with zero attached hydrogens (tertiary/aromatic N) is 1. The van der Waals surface area contributed by atoms with E-state index in [4.69, 9.17) is 17.3 Å². The second-order valence-corrected chi connectivity index (χ2v) is 6.18. The molecule has 8 heteroatoms. The maximum Gasteiger partial charge on any atom is 0.303 e. The number of amides is 1. The molecule has 1 amide bonds. The average Bonchev–Trinajstić information content (AvgIpc) is 2.70. The Labute approximate surface area is 135 Å². The minimum Gasteiger partial charge on any atom is -0.507 e. The predicted molar refractivity (Wildman–Crippen MR) is 84.8 cm³/mol. The number of carboxylic acids is 1. The molecule has 1 aromatic rings. The van der Waals surface area contributed by atoms with Crippen molar-refractivity contribution in [3.63, 3.8) is 0 Å². The zero-order valence-electron chi connectivity index (χ0n) is 11.3. The molecule has 0 radical (unpaired) electrons. The highest BCUT2D eigenvalue weighted by molar-refractivity contribution is 8.26. The van der Waals surface area contributed by atoms with Gasteiger partial charge in [-0.15, -0.1) is 0 Å². The zero-order chi connectivity index (χ0) is 16.3. The number of phenols is 1. The van der Waals surface area contributed by atoms with Crippen molar-refractivity contribution in [3.8, 4) is 5.75 Å². The lowest BCUT2D eigenvalue weighted by molar-refractivity contribution is -0.137. The number of carboxylic acid groups (broad SMARTS) is 1. The van der Waals surface area contributed by atoms with E-state index in [-0.39, 0.29) is 39.9 Å². The zero-order valence-corrected chi connectivity index (χ0v) is 12.9. The van der Waals surface area contributed by atoms with Crippen LogP contribution in [0, 0.1) is 5.82 Å². The van der Waals surface area contributed by atoms with Gasteiger partial charge in [0.15, 0.2) is 0 Å². The second kappa shape index (κ2) is 6.89. The second-order valence-electron chi connectivity index (χ2n) is 4.50. The van der Waals surface area contributed by atoms with Crippen LogP contribution >= 0.6 is 24.0 Å². The van der Waals surface area contributed by atoms with Gasteiger partial charge in [0.2, 0.25) is 0 Å². The molecule has 0 unspecified atom stereocenters. The van der Waals surface area contributed by atoms with Gasteiger partial charge in [-0.1, -0.05) is 30.0 Å². The fourth-order valence-corrected chi connectivity index (χ4v) is 3.17. The van der Waals surface area contributed by atoms with E-state index in [2.05, 4.69) is 0 Å². The molecule has 1 fully saturated rings. The molecule has 0 aliphatic carbocycles. The third kappa shape index (κ3) is 3.63. The molecule has 5 nitrogen and oxygen atoms in total. The van der Waals surface area contributed by atoms with E-state index in [0.29, 0.717) is 0 Å². The van der Waals surface area contributed by atoms with E-state index >= 15 is 0 Å². The number of hydrogen-bond donors (Lipinski definition) is 2. The number of benzene rings is 1. The third-order valence-electron chi connectivity index (χ3n) is 2.95. The van der Waals surface area contributed by atoms with Gasteiger partial charge < -0.3 is 10.2 Å². The molecule has 1 aliphatic heterocycles. The van der Waals surface area contributed by atoms with Crippen molar-refractivity contribution in [1.82, 2.24) is 4.90 Å². The van der Waals surface area contributed by atoms with Gasteiger partial charge in [-0.2, -0.15) is 0 Å². The van der Waals surface area contributed by atoms with Gasteiger partial charge in [0, 0.05) is 13.0 Å². The van der Waals surface area contributed by atoms with E-state index in [0.717, 1.165) is 11.8 Å². The maximum absolute atomic E-state index is 13.7. The first kappa shape index (κ1) is 16.4. The number of halogens is 1. The summed E-state index contributed by atoms with van der Waals surface area (Å²) >= 11 is 6.08. The molecule has 2 rings (SSSR count). The normalized spacial score (nSPS) is 16.6. The van der Waals surface area contributed by atoms with Crippen molar-refractivity contribution < 1.29 is 24.2 Å². The number of rotatable bonds is 5. The molecule has 1 aromatic carbocycles. The van der Waals surface area contributed by atoms with Crippen molar-refractivity contribution in [1.29, 1.82) is 0 Å². The minimum atomic E-state index is -0.947. The van der Waals surface area contributed by atoms with Crippen molar-refractivity contribution >= 4 is 46.3 Å². The summed E-state index contributed by atoms with van der Waals surface area (Å²) in [7, 11) is 0. The lowest BCUT2D eigenvalue weighted by Gasteiger charge is -2.13. The molecular weight excluding hydrogens is 329 g/mol. The number of aliphatic carboxylic acids is 1. The van der Waals surface area contributed by atoms with Crippen molar-refractivity contribution in [2.75, 3.05) is 6.54 Å². The SMILES string of the molecule is O=C(O)CCCN1C(=O)C(=Cc2c(O)cccc2F)SC1=S. The van der Waals surface area contributed by atoms with E-state index in [1.807, 2.05) is 0 Å². The van der Waals surface area contributed by atoms with Crippen LogP contribution < -0.4 is 0 Å². The van der Waals surface area contributed by atoms with E-state index in [9.17, 15) is 19.1 Å². The fraction of sp³-hybridized carbons (Fsp3) is 0.214. The van der Waals surface area contributed by atoms with E-state index < -0.39 is 17.7 Å². The predicted octanol–water partition coefficient (Wildman–Crippen LogP) is 2.60. The molecule has 1 aliphatic rings. The molecule has 0 saturated carbocycles. The van der Waals surface area contributed by atoms with Gasteiger partial charge in [0.25, 0.3) is 5.91 Å². The number of phenolic OH excluding ortho intramolecular Hbond substituents is 1. The van der Waals surface area contributed by atoms with E-state index in [1.54, 1.807) is 0 Å². The Morgan fingerprint density at radius 2 is 2.18 bits per heavy atom. The Morgan fingerprint density at radius 1 is 1.45 bits per heavy atom.